The first-order chi connectivity index (χ1) is 8.75. The summed E-state index contributed by atoms with van der Waals surface area (Å²) in [6, 6.07) is 17.4. The van der Waals surface area contributed by atoms with Gasteiger partial charge in [0.2, 0.25) is 0 Å². The van der Waals surface area contributed by atoms with Crippen molar-refractivity contribution >= 4 is 17.1 Å². The molecule has 2 N–H and O–H groups in total. The van der Waals surface area contributed by atoms with E-state index in [1.54, 1.807) is 0 Å². The Kier molecular flexibility index (Phi) is 2.71. The Labute approximate surface area is 108 Å². The second-order valence-electron chi connectivity index (χ2n) is 4.98. The van der Waals surface area contributed by atoms with E-state index in [1.165, 1.54) is 29.8 Å². The van der Waals surface area contributed by atoms with Crippen LogP contribution in [0.2, 0.25) is 0 Å². The monoisotopic (exact) mass is 238 g/mol. The number of hydrogen-bond acceptors (Lipinski definition) is 2. The van der Waals surface area contributed by atoms with Crippen LogP contribution in [-0.2, 0) is 6.42 Å². The lowest BCUT2D eigenvalue weighted by atomic mass is 9.96. The fraction of sp³-hybridized carbons (Fsp3) is 0.250. The van der Waals surface area contributed by atoms with E-state index in [-0.39, 0.29) is 0 Å². The average molecular weight is 238 g/mol. The maximum atomic E-state index is 5.77. The zero-order chi connectivity index (χ0) is 12.5. The summed E-state index contributed by atoms with van der Waals surface area (Å²) in [4.78, 5) is 2.41. The zero-order valence-electron chi connectivity index (χ0n) is 10.6. The number of nitrogen functional groups attached to an aromatic ring is 1. The molecule has 1 unspecified atom stereocenters. The molecule has 92 valence electrons. The van der Waals surface area contributed by atoms with Gasteiger partial charge in [0.25, 0.3) is 0 Å². The third kappa shape index (κ3) is 1.84. The van der Waals surface area contributed by atoms with E-state index in [9.17, 15) is 0 Å². The van der Waals surface area contributed by atoms with Crippen molar-refractivity contribution in [3.63, 3.8) is 0 Å². The molecule has 0 radical (unpaired) electrons. The van der Waals surface area contributed by atoms with Gasteiger partial charge in [-0.1, -0.05) is 18.2 Å². The number of nitrogens with two attached hydrogens (primary N) is 1. The standard InChI is InChI=1S/C16H18N2/c1-12-6-7-13-4-2-3-5-16(13)18(12)15-10-8-14(17)9-11-15/h2-5,8-12H,6-7,17H2,1H3. The molecule has 2 aromatic carbocycles. The summed E-state index contributed by atoms with van der Waals surface area (Å²) in [5, 5.41) is 0. The molecule has 1 aliphatic heterocycles. The first-order valence-corrected chi connectivity index (χ1v) is 6.48. The predicted molar refractivity (Wildman–Crippen MR) is 77.2 cm³/mol. The van der Waals surface area contributed by atoms with Crippen LogP contribution < -0.4 is 10.6 Å². The first-order valence-electron chi connectivity index (χ1n) is 6.48. The number of para-hydroxylation sites is 1. The third-order valence-corrected chi connectivity index (χ3v) is 3.69. The molecule has 0 saturated carbocycles. The number of fused-ring (bicyclic) bond motifs is 1. The van der Waals surface area contributed by atoms with Crippen LogP contribution in [0.25, 0.3) is 0 Å². The molecule has 1 atom stereocenters. The Morgan fingerprint density at radius 2 is 1.78 bits per heavy atom. The molecule has 1 aliphatic rings. The van der Waals surface area contributed by atoms with Gasteiger partial charge in [-0.15, -0.1) is 0 Å². The minimum absolute atomic E-state index is 0.531. The summed E-state index contributed by atoms with van der Waals surface area (Å²) in [5.41, 5.74) is 10.6. The van der Waals surface area contributed by atoms with E-state index in [0.717, 1.165) is 5.69 Å². The molecular weight excluding hydrogens is 220 g/mol. The molecule has 1 heterocycles. The lowest BCUT2D eigenvalue weighted by Crippen LogP contribution is -2.33. The Hall–Kier alpha value is -1.96. The maximum Gasteiger partial charge on any atom is 0.0445 e. The molecule has 0 fully saturated rings. The molecule has 0 spiro atoms. The fourth-order valence-electron chi connectivity index (χ4n) is 2.72. The molecule has 0 amide bonds. The van der Waals surface area contributed by atoms with Gasteiger partial charge in [-0.3, -0.25) is 0 Å². The first kappa shape index (κ1) is 11.1. The van der Waals surface area contributed by atoms with Gasteiger partial charge in [-0.2, -0.15) is 0 Å². The van der Waals surface area contributed by atoms with E-state index < -0.39 is 0 Å². The highest BCUT2D eigenvalue weighted by Gasteiger charge is 2.23. The summed E-state index contributed by atoms with van der Waals surface area (Å²) in [6.07, 6.45) is 2.37. The lowest BCUT2D eigenvalue weighted by molar-refractivity contribution is 0.618. The van der Waals surface area contributed by atoms with E-state index in [1.807, 2.05) is 12.1 Å². The Morgan fingerprint density at radius 3 is 2.56 bits per heavy atom. The highest BCUT2D eigenvalue weighted by Crippen LogP contribution is 2.36. The van der Waals surface area contributed by atoms with Gasteiger partial charge < -0.3 is 10.6 Å². The van der Waals surface area contributed by atoms with E-state index in [2.05, 4.69) is 48.2 Å². The molecule has 2 heteroatoms. The Bertz CT molecular complexity index is 545. The van der Waals surface area contributed by atoms with Crippen molar-refractivity contribution in [1.29, 1.82) is 0 Å². The molecule has 2 aromatic rings. The smallest absolute Gasteiger partial charge is 0.0445 e. The number of hydrogen-bond donors (Lipinski definition) is 1. The second-order valence-corrected chi connectivity index (χ2v) is 4.98. The summed E-state index contributed by atoms with van der Waals surface area (Å²) < 4.78 is 0. The molecule has 0 aliphatic carbocycles. The molecule has 3 rings (SSSR count). The molecule has 0 bridgehead atoms. The van der Waals surface area contributed by atoms with Crippen LogP contribution in [0.5, 0.6) is 0 Å². The van der Waals surface area contributed by atoms with Crippen LogP contribution in [0.3, 0.4) is 0 Å². The summed E-state index contributed by atoms with van der Waals surface area (Å²) in [7, 11) is 0. The van der Waals surface area contributed by atoms with Crippen molar-refractivity contribution in [2.24, 2.45) is 0 Å². The fourth-order valence-corrected chi connectivity index (χ4v) is 2.72. The van der Waals surface area contributed by atoms with Crippen LogP contribution >= 0.6 is 0 Å². The summed E-state index contributed by atoms with van der Waals surface area (Å²) in [6.45, 7) is 2.28. The van der Waals surface area contributed by atoms with Gasteiger partial charge in [0, 0.05) is 23.1 Å². The third-order valence-electron chi connectivity index (χ3n) is 3.69. The van der Waals surface area contributed by atoms with E-state index in [4.69, 9.17) is 5.73 Å². The summed E-state index contributed by atoms with van der Waals surface area (Å²) in [5.74, 6) is 0. The van der Waals surface area contributed by atoms with Crippen molar-refractivity contribution in [3.8, 4) is 0 Å². The second kappa shape index (κ2) is 4.37. The van der Waals surface area contributed by atoms with E-state index in [0.29, 0.717) is 6.04 Å². The van der Waals surface area contributed by atoms with Crippen LogP contribution in [0.4, 0.5) is 17.1 Å². The highest BCUT2D eigenvalue weighted by atomic mass is 15.2. The number of benzene rings is 2. The van der Waals surface area contributed by atoms with Crippen LogP contribution in [0, 0.1) is 0 Å². The topological polar surface area (TPSA) is 29.3 Å². The Morgan fingerprint density at radius 1 is 1.06 bits per heavy atom. The number of nitrogens with zero attached hydrogens (tertiary/aromatic N) is 1. The van der Waals surface area contributed by atoms with Gasteiger partial charge in [-0.05, 0) is 55.7 Å². The SMILES string of the molecule is CC1CCc2ccccc2N1c1ccc(N)cc1. The molecule has 0 saturated heterocycles. The van der Waals surface area contributed by atoms with Crippen LogP contribution in [0.1, 0.15) is 18.9 Å². The number of anilines is 3. The Balaban J connectivity index is 2.07. The van der Waals surface area contributed by atoms with Crippen molar-refractivity contribution in [1.82, 2.24) is 0 Å². The molecule has 2 nitrogen and oxygen atoms in total. The van der Waals surface area contributed by atoms with Gasteiger partial charge in [0.05, 0.1) is 0 Å². The average Bonchev–Trinajstić information content (AvgIpc) is 2.40. The van der Waals surface area contributed by atoms with Crippen LogP contribution in [-0.4, -0.2) is 6.04 Å². The van der Waals surface area contributed by atoms with Crippen molar-refractivity contribution in [2.75, 3.05) is 10.6 Å². The highest BCUT2D eigenvalue weighted by molar-refractivity contribution is 5.69. The number of aryl methyl sites for hydroxylation is 1. The quantitative estimate of drug-likeness (QED) is 0.767. The minimum atomic E-state index is 0.531. The zero-order valence-corrected chi connectivity index (χ0v) is 10.6. The van der Waals surface area contributed by atoms with Crippen molar-refractivity contribution in [3.05, 3.63) is 54.1 Å². The molecule has 0 aromatic heterocycles. The predicted octanol–water partition coefficient (Wildman–Crippen LogP) is 3.74. The van der Waals surface area contributed by atoms with Gasteiger partial charge in [-0.25, -0.2) is 0 Å². The largest absolute Gasteiger partial charge is 0.399 e. The lowest BCUT2D eigenvalue weighted by Gasteiger charge is -2.37. The van der Waals surface area contributed by atoms with Gasteiger partial charge in [0.1, 0.15) is 0 Å². The van der Waals surface area contributed by atoms with Crippen LogP contribution in [0.15, 0.2) is 48.5 Å². The molecule has 18 heavy (non-hydrogen) atoms. The van der Waals surface area contributed by atoms with E-state index >= 15 is 0 Å². The normalized spacial score (nSPS) is 18.5. The minimum Gasteiger partial charge on any atom is -0.399 e. The van der Waals surface area contributed by atoms with Gasteiger partial charge >= 0.3 is 0 Å². The number of rotatable bonds is 1. The maximum absolute atomic E-state index is 5.77. The summed E-state index contributed by atoms with van der Waals surface area (Å²) >= 11 is 0. The molecular formula is C16H18N2. The van der Waals surface area contributed by atoms with Gasteiger partial charge in [0.15, 0.2) is 0 Å². The van der Waals surface area contributed by atoms with Crippen molar-refractivity contribution in [2.45, 2.75) is 25.8 Å². The van der Waals surface area contributed by atoms with Crippen molar-refractivity contribution < 1.29 is 0 Å².